The molecule has 0 saturated carbocycles. The maximum Gasteiger partial charge on any atom is 0.267 e. The molecule has 5 nitrogen and oxygen atoms in total. The molecule has 1 aromatic carbocycles. The van der Waals surface area contributed by atoms with E-state index in [1.807, 2.05) is 32.8 Å². The molecule has 0 N–H and O–H groups in total. The Morgan fingerprint density at radius 2 is 1.48 bits per heavy atom. The summed E-state index contributed by atoms with van der Waals surface area (Å²) in [7, 11) is -1.20. The number of rotatable bonds is 1. The molecule has 1 aromatic heterocycles. The minimum Gasteiger partial charge on any atom is -0.222 e. The number of piperidine rings is 1. The van der Waals surface area contributed by atoms with E-state index in [4.69, 9.17) is 30.2 Å². The van der Waals surface area contributed by atoms with E-state index in [1.54, 1.807) is 0 Å². The van der Waals surface area contributed by atoms with Crippen molar-refractivity contribution in [1.29, 1.82) is 0 Å². The second kappa shape index (κ2) is 8.55. The van der Waals surface area contributed by atoms with Gasteiger partial charge in [-0.25, -0.2) is 23.2 Å². The molecule has 0 bridgehead atoms. The fraction of sp³-hybridized carbons (Fsp3) is 0.357. The van der Waals surface area contributed by atoms with E-state index in [1.165, 1.54) is 47.5 Å². The summed E-state index contributed by atoms with van der Waals surface area (Å²) in [6.07, 6.45) is 4.05. The summed E-state index contributed by atoms with van der Waals surface area (Å²) in [5.41, 5.74) is 1.27. The van der Waals surface area contributed by atoms with Gasteiger partial charge in [-0.3, -0.25) is 0 Å². The zero-order valence-electron chi connectivity index (χ0n) is 12.1. The molecule has 9 heteroatoms. The normalized spacial score (nSPS) is 15.1. The van der Waals surface area contributed by atoms with Crippen LogP contribution < -0.4 is 27.9 Å². The second-order valence-corrected chi connectivity index (χ2v) is 8.33. The highest BCUT2D eigenvalue weighted by Gasteiger charge is 2.13. The largest absolute Gasteiger partial charge is 0.267 e. The molecule has 3 rings (SSSR count). The summed E-state index contributed by atoms with van der Waals surface area (Å²) in [5.74, 6) is 0. The Morgan fingerprint density at radius 3 is 2.04 bits per heavy atom. The van der Waals surface area contributed by atoms with E-state index in [2.05, 4.69) is 22.8 Å². The van der Waals surface area contributed by atoms with E-state index in [9.17, 15) is 0 Å². The fourth-order valence-electron chi connectivity index (χ4n) is 2.25. The van der Waals surface area contributed by atoms with Crippen molar-refractivity contribution in [3.63, 3.8) is 0 Å². The van der Waals surface area contributed by atoms with Gasteiger partial charge < -0.3 is 0 Å². The minimum absolute atomic E-state index is 0.801. The van der Waals surface area contributed by atoms with Gasteiger partial charge >= 0.3 is 0 Å². The van der Waals surface area contributed by atoms with Crippen LogP contribution >= 0.6 is 32.3 Å². The van der Waals surface area contributed by atoms with Gasteiger partial charge in [0.2, 0.25) is 0 Å². The first-order valence-electron chi connectivity index (χ1n) is 6.89. The van der Waals surface area contributed by atoms with Gasteiger partial charge in [-0.2, -0.15) is 0 Å². The van der Waals surface area contributed by atoms with E-state index >= 15 is 0 Å². The van der Waals surface area contributed by atoms with Crippen LogP contribution in [0.4, 0.5) is 0 Å². The van der Waals surface area contributed by atoms with Crippen LogP contribution in [0.25, 0.3) is 10.4 Å². The van der Waals surface area contributed by atoms with Gasteiger partial charge in [-0.05, 0) is 34.5 Å². The van der Waals surface area contributed by atoms with Crippen LogP contribution in [-0.4, -0.2) is 13.1 Å². The Kier molecular flexibility index (Phi) is 7.00. The van der Waals surface area contributed by atoms with Crippen molar-refractivity contribution >= 4 is 32.3 Å². The van der Waals surface area contributed by atoms with Crippen LogP contribution in [0.3, 0.4) is 0 Å². The number of hydrogen-bond donors (Lipinski definition) is 0. The highest BCUT2D eigenvalue weighted by Crippen LogP contribution is 2.26. The third kappa shape index (κ3) is 6.86. The lowest BCUT2D eigenvalue weighted by atomic mass is 10.1. The minimum atomic E-state index is -4.94. The zero-order valence-corrected chi connectivity index (χ0v) is 15.2. The average Bonchev–Trinajstić information content (AvgIpc) is 2.97. The first kappa shape index (κ1) is 18.8. The molecule has 126 valence electrons. The number of benzene rings is 1. The Labute approximate surface area is 148 Å². The Balaban J connectivity index is 0.000000338. The third-order valence-electron chi connectivity index (χ3n) is 3.27. The van der Waals surface area contributed by atoms with Gasteiger partial charge in [0.25, 0.3) is 4.67 Å². The lowest BCUT2D eigenvalue weighted by Crippen LogP contribution is -2.68. The van der Waals surface area contributed by atoms with Crippen molar-refractivity contribution in [3.05, 3.63) is 40.0 Å². The number of halogens is 2. The van der Waals surface area contributed by atoms with Crippen LogP contribution in [0.1, 0.15) is 19.3 Å². The topological polar surface area (TPSA) is 95.2 Å². The Bertz CT molecular complexity index is 678. The van der Waals surface area contributed by atoms with Crippen molar-refractivity contribution in [3.8, 4) is 10.4 Å². The molecule has 1 aliphatic heterocycles. The van der Waals surface area contributed by atoms with Crippen LogP contribution in [0.15, 0.2) is 30.3 Å². The van der Waals surface area contributed by atoms with Crippen molar-refractivity contribution in [2.75, 3.05) is 13.1 Å². The standard InChI is InChI=1S/C14H15ClNS2.ClHO4/c15-12-6-4-11(5-7-12)13-10-14(18-17-13)16-8-2-1-3-9-16;2-1(3,4)5/h4-7,10H,1-3,8-9H2;(H,2,3,4,5)/q+1;/p-1. The molecule has 2 aromatic rings. The Hall–Kier alpha value is -0.510. The molecule has 0 atom stereocenters. The summed E-state index contributed by atoms with van der Waals surface area (Å²) in [4.78, 5) is 1.34. The number of hydrogen-bond acceptors (Lipinski definition) is 6. The molecular formula is C14H15Cl2NO4S2. The van der Waals surface area contributed by atoms with E-state index in [-0.39, 0.29) is 0 Å². The van der Waals surface area contributed by atoms with Crippen molar-refractivity contribution in [2.24, 2.45) is 0 Å². The SMILES string of the molecule is Clc1ccc(-c2cc(=[N+]3CCCCC3)ss2)cc1.[O-][Cl+3]([O-])([O-])[O-]. The summed E-state index contributed by atoms with van der Waals surface area (Å²) in [6.45, 7) is 2.43. The third-order valence-corrected chi connectivity index (χ3v) is 5.98. The van der Waals surface area contributed by atoms with Gasteiger partial charge in [0.1, 0.15) is 13.1 Å². The summed E-state index contributed by atoms with van der Waals surface area (Å²) in [6, 6.07) is 10.4. The first-order valence-corrected chi connectivity index (χ1v) is 10.6. The van der Waals surface area contributed by atoms with Gasteiger partial charge in [0.05, 0.1) is 4.88 Å². The van der Waals surface area contributed by atoms with Gasteiger partial charge in [-0.1, -0.05) is 34.1 Å². The van der Waals surface area contributed by atoms with E-state index < -0.39 is 10.2 Å². The van der Waals surface area contributed by atoms with Crippen LogP contribution in [0.5, 0.6) is 0 Å². The molecule has 0 aliphatic carbocycles. The molecule has 23 heavy (non-hydrogen) atoms. The predicted octanol–water partition coefficient (Wildman–Crippen LogP) is -0.670. The quantitative estimate of drug-likeness (QED) is 0.472. The summed E-state index contributed by atoms with van der Waals surface area (Å²) in [5, 5.41) is 0.801. The van der Waals surface area contributed by atoms with Gasteiger partial charge in [0.15, 0.2) is 0 Å². The predicted molar refractivity (Wildman–Crippen MR) is 81.5 cm³/mol. The molecule has 2 heterocycles. The fourth-order valence-corrected chi connectivity index (χ4v) is 4.89. The second-order valence-electron chi connectivity index (χ2n) is 4.95. The van der Waals surface area contributed by atoms with Crippen LogP contribution in [0, 0.1) is 10.2 Å². The molecule has 1 saturated heterocycles. The highest BCUT2D eigenvalue weighted by atomic mass is 35.7. The first-order chi connectivity index (χ1) is 10.8. The smallest absolute Gasteiger partial charge is 0.222 e. The molecule has 0 radical (unpaired) electrons. The van der Waals surface area contributed by atoms with Crippen molar-refractivity contribution < 1.29 is 28.9 Å². The molecule has 1 fully saturated rings. The van der Waals surface area contributed by atoms with Gasteiger partial charge in [-0.15, -0.1) is 10.2 Å². The molecular weight excluding hydrogens is 381 g/mol. The van der Waals surface area contributed by atoms with E-state index in [0.29, 0.717) is 0 Å². The zero-order chi connectivity index (χ0) is 16.9. The maximum absolute atomic E-state index is 8.49. The van der Waals surface area contributed by atoms with Crippen molar-refractivity contribution in [2.45, 2.75) is 19.3 Å². The van der Waals surface area contributed by atoms with E-state index in [0.717, 1.165) is 5.02 Å². The van der Waals surface area contributed by atoms with Crippen molar-refractivity contribution in [1.82, 2.24) is 4.58 Å². The Morgan fingerprint density at radius 1 is 0.913 bits per heavy atom. The monoisotopic (exact) mass is 395 g/mol. The molecule has 0 spiro atoms. The summed E-state index contributed by atoms with van der Waals surface area (Å²) < 4.78 is 37.9. The van der Waals surface area contributed by atoms with Crippen LogP contribution in [0.2, 0.25) is 5.02 Å². The van der Waals surface area contributed by atoms with Gasteiger partial charge in [0, 0.05) is 23.9 Å². The molecule has 0 unspecified atom stereocenters. The number of nitrogens with zero attached hydrogens (tertiary/aromatic N) is 1. The molecule has 1 aliphatic rings. The molecule has 0 amide bonds. The lowest BCUT2D eigenvalue weighted by Gasteiger charge is -2.17. The highest BCUT2D eigenvalue weighted by molar-refractivity contribution is 7.69. The lowest BCUT2D eigenvalue weighted by molar-refractivity contribution is -2.00. The maximum atomic E-state index is 8.49. The average molecular weight is 396 g/mol. The summed E-state index contributed by atoms with van der Waals surface area (Å²) >= 11 is 5.92. The van der Waals surface area contributed by atoms with Crippen LogP contribution in [-0.2, 0) is 0 Å².